The Morgan fingerprint density at radius 2 is 2.10 bits per heavy atom. The van der Waals surface area contributed by atoms with Gasteiger partial charge in [-0.3, -0.25) is 4.79 Å². The summed E-state index contributed by atoms with van der Waals surface area (Å²) < 4.78 is 0. The molecule has 0 saturated carbocycles. The maximum Gasteiger partial charge on any atom is 0.224 e. The van der Waals surface area contributed by atoms with Gasteiger partial charge in [0, 0.05) is 26.2 Å². The summed E-state index contributed by atoms with van der Waals surface area (Å²) in [5.41, 5.74) is 0. The fraction of sp³-hybridized carbons (Fsp3) is 0.933. The predicted molar refractivity (Wildman–Crippen MR) is 92.5 cm³/mol. The fourth-order valence-corrected chi connectivity index (χ4v) is 3.23. The molecule has 2 fully saturated rings. The van der Waals surface area contributed by atoms with E-state index in [0.717, 1.165) is 44.9 Å². The molecule has 4 nitrogen and oxygen atoms in total. The molecule has 0 aromatic rings. The first-order valence-corrected chi connectivity index (χ1v) is 7.86. The van der Waals surface area contributed by atoms with E-state index in [9.17, 15) is 4.79 Å². The van der Waals surface area contributed by atoms with Gasteiger partial charge in [-0.2, -0.15) is 0 Å². The average molecular weight is 340 g/mol. The molecule has 126 valence electrons. The fourth-order valence-electron chi connectivity index (χ4n) is 3.23. The molecular formula is C15H31Cl2N3O. The third-order valence-electron chi connectivity index (χ3n) is 4.23. The highest BCUT2D eigenvalue weighted by Crippen LogP contribution is 2.17. The standard InChI is InChI=1S/C15H29N3O.2ClH/c1-12(2)10-18-7-5-13(11-18)8-17-15(19)14-4-3-6-16-9-14;;/h12-14,16H,3-11H2,1-2H3,(H,17,19);2*1H. The van der Waals surface area contributed by atoms with Crippen molar-refractivity contribution >= 4 is 30.7 Å². The zero-order valence-electron chi connectivity index (χ0n) is 13.3. The number of amides is 1. The first-order valence-electron chi connectivity index (χ1n) is 7.86. The topological polar surface area (TPSA) is 44.4 Å². The summed E-state index contributed by atoms with van der Waals surface area (Å²) in [5.74, 6) is 1.84. The molecule has 1 amide bonds. The molecule has 2 aliphatic rings. The normalized spacial score (nSPS) is 26.0. The van der Waals surface area contributed by atoms with Crippen LogP contribution in [0.1, 0.15) is 33.1 Å². The van der Waals surface area contributed by atoms with Crippen LogP contribution in [0.25, 0.3) is 0 Å². The highest BCUT2D eigenvalue weighted by molar-refractivity contribution is 5.85. The summed E-state index contributed by atoms with van der Waals surface area (Å²) in [6, 6.07) is 0. The molecular weight excluding hydrogens is 309 g/mol. The maximum atomic E-state index is 12.0. The van der Waals surface area contributed by atoms with Crippen molar-refractivity contribution in [3.05, 3.63) is 0 Å². The van der Waals surface area contributed by atoms with Gasteiger partial charge in [-0.15, -0.1) is 24.8 Å². The smallest absolute Gasteiger partial charge is 0.224 e. The summed E-state index contributed by atoms with van der Waals surface area (Å²) in [7, 11) is 0. The third-order valence-corrected chi connectivity index (χ3v) is 4.23. The minimum Gasteiger partial charge on any atom is -0.355 e. The molecule has 6 heteroatoms. The molecule has 2 unspecified atom stereocenters. The van der Waals surface area contributed by atoms with Gasteiger partial charge >= 0.3 is 0 Å². The van der Waals surface area contributed by atoms with Crippen LogP contribution in [0.3, 0.4) is 0 Å². The molecule has 2 rings (SSSR count). The van der Waals surface area contributed by atoms with E-state index in [0.29, 0.717) is 5.92 Å². The minimum atomic E-state index is 0. The SMILES string of the molecule is CC(C)CN1CCC(CNC(=O)C2CCCNC2)C1.Cl.Cl. The summed E-state index contributed by atoms with van der Waals surface area (Å²) in [6.07, 6.45) is 3.41. The van der Waals surface area contributed by atoms with Gasteiger partial charge < -0.3 is 15.5 Å². The van der Waals surface area contributed by atoms with Gasteiger partial charge in [0.25, 0.3) is 0 Å². The number of nitrogens with one attached hydrogen (secondary N) is 2. The lowest BCUT2D eigenvalue weighted by molar-refractivity contribution is -0.125. The average Bonchev–Trinajstić information content (AvgIpc) is 2.84. The van der Waals surface area contributed by atoms with E-state index < -0.39 is 0 Å². The number of rotatable bonds is 5. The molecule has 2 heterocycles. The van der Waals surface area contributed by atoms with E-state index in [-0.39, 0.29) is 36.6 Å². The van der Waals surface area contributed by atoms with Gasteiger partial charge in [0.2, 0.25) is 5.91 Å². The van der Waals surface area contributed by atoms with Gasteiger partial charge in [0.05, 0.1) is 5.92 Å². The van der Waals surface area contributed by atoms with Gasteiger partial charge in [-0.25, -0.2) is 0 Å². The van der Waals surface area contributed by atoms with E-state index in [2.05, 4.69) is 29.4 Å². The Kier molecular flexibility index (Phi) is 10.6. The summed E-state index contributed by atoms with van der Waals surface area (Å²) in [6.45, 7) is 10.9. The van der Waals surface area contributed by atoms with Gasteiger partial charge in [0.15, 0.2) is 0 Å². The summed E-state index contributed by atoms with van der Waals surface area (Å²) >= 11 is 0. The zero-order valence-corrected chi connectivity index (χ0v) is 14.9. The van der Waals surface area contributed by atoms with Crippen LogP contribution in [-0.2, 0) is 4.79 Å². The van der Waals surface area contributed by atoms with Crippen LogP contribution in [0.5, 0.6) is 0 Å². The highest BCUT2D eigenvalue weighted by Gasteiger charge is 2.25. The Morgan fingerprint density at radius 3 is 2.71 bits per heavy atom. The molecule has 0 radical (unpaired) electrons. The van der Waals surface area contributed by atoms with Crippen LogP contribution in [0, 0.1) is 17.8 Å². The number of hydrogen-bond donors (Lipinski definition) is 2. The molecule has 0 aromatic heterocycles. The van der Waals surface area contributed by atoms with Crippen molar-refractivity contribution in [1.82, 2.24) is 15.5 Å². The van der Waals surface area contributed by atoms with Crippen molar-refractivity contribution in [3.8, 4) is 0 Å². The quantitative estimate of drug-likeness (QED) is 0.804. The number of nitrogens with zero attached hydrogens (tertiary/aromatic N) is 1. The lowest BCUT2D eigenvalue weighted by atomic mass is 9.98. The zero-order chi connectivity index (χ0) is 13.7. The Bertz CT molecular complexity index is 297. The summed E-state index contributed by atoms with van der Waals surface area (Å²) in [4.78, 5) is 14.6. The largest absolute Gasteiger partial charge is 0.355 e. The number of likely N-dealkylation sites (tertiary alicyclic amines) is 1. The lowest BCUT2D eigenvalue weighted by Gasteiger charge is -2.23. The number of carbonyl (C=O) groups is 1. The molecule has 2 N–H and O–H groups in total. The number of carbonyl (C=O) groups excluding carboxylic acids is 1. The van der Waals surface area contributed by atoms with E-state index in [1.807, 2.05) is 0 Å². The molecule has 2 aliphatic heterocycles. The van der Waals surface area contributed by atoms with Crippen molar-refractivity contribution in [1.29, 1.82) is 0 Å². The molecule has 21 heavy (non-hydrogen) atoms. The summed E-state index contributed by atoms with van der Waals surface area (Å²) in [5, 5.41) is 6.47. The van der Waals surface area contributed by atoms with Crippen LogP contribution < -0.4 is 10.6 Å². The van der Waals surface area contributed by atoms with E-state index in [4.69, 9.17) is 0 Å². The van der Waals surface area contributed by atoms with Crippen LogP contribution >= 0.6 is 24.8 Å². The van der Waals surface area contributed by atoms with Crippen molar-refractivity contribution in [2.45, 2.75) is 33.1 Å². The van der Waals surface area contributed by atoms with Crippen LogP contribution in [-0.4, -0.2) is 50.1 Å². The minimum absolute atomic E-state index is 0. The van der Waals surface area contributed by atoms with Crippen molar-refractivity contribution < 1.29 is 4.79 Å². The molecule has 0 spiro atoms. The van der Waals surface area contributed by atoms with Crippen molar-refractivity contribution in [2.75, 3.05) is 39.3 Å². The van der Waals surface area contributed by atoms with Crippen LogP contribution in [0.4, 0.5) is 0 Å². The predicted octanol–water partition coefficient (Wildman–Crippen LogP) is 1.92. The highest BCUT2D eigenvalue weighted by atomic mass is 35.5. The number of hydrogen-bond acceptors (Lipinski definition) is 3. The number of halogens is 2. The second kappa shape index (κ2) is 10.7. The second-order valence-corrected chi connectivity index (χ2v) is 6.60. The van der Waals surface area contributed by atoms with Crippen LogP contribution in [0.15, 0.2) is 0 Å². The van der Waals surface area contributed by atoms with Crippen LogP contribution in [0.2, 0.25) is 0 Å². The molecule has 2 atom stereocenters. The van der Waals surface area contributed by atoms with E-state index in [1.165, 1.54) is 19.5 Å². The monoisotopic (exact) mass is 339 g/mol. The van der Waals surface area contributed by atoms with Gasteiger partial charge in [0.1, 0.15) is 0 Å². The van der Waals surface area contributed by atoms with Crippen molar-refractivity contribution in [3.63, 3.8) is 0 Å². The van der Waals surface area contributed by atoms with Gasteiger partial charge in [-0.1, -0.05) is 13.8 Å². The molecule has 0 aromatic carbocycles. The van der Waals surface area contributed by atoms with E-state index in [1.54, 1.807) is 0 Å². The molecule has 2 saturated heterocycles. The Morgan fingerprint density at radius 1 is 1.33 bits per heavy atom. The molecule has 0 aliphatic carbocycles. The first-order chi connectivity index (χ1) is 9.15. The van der Waals surface area contributed by atoms with Gasteiger partial charge in [-0.05, 0) is 44.2 Å². The lowest BCUT2D eigenvalue weighted by Crippen LogP contribution is -2.42. The Labute approximate surface area is 141 Å². The van der Waals surface area contributed by atoms with Crippen molar-refractivity contribution in [2.24, 2.45) is 17.8 Å². The van der Waals surface area contributed by atoms with E-state index >= 15 is 0 Å². The first kappa shape index (κ1) is 21.0. The number of piperidine rings is 1. The third kappa shape index (κ3) is 7.18. The Hall–Kier alpha value is -0.0300. The molecule has 0 bridgehead atoms. The Balaban J connectivity index is 0.00000200. The second-order valence-electron chi connectivity index (χ2n) is 6.60. The maximum absolute atomic E-state index is 12.0.